The monoisotopic (exact) mass is 166 g/mol. The molecule has 12 heavy (non-hydrogen) atoms. The molecule has 0 aromatic rings. The van der Waals surface area contributed by atoms with E-state index in [1.807, 2.05) is 0 Å². The van der Waals surface area contributed by atoms with Crippen molar-refractivity contribution in [3.63, 3.8) is 0 Å². The Labute approximate surface area is 70.1 Å². The topological polar surface area (TPSA) is 46.7 Å². The minimum absolute atomic E-state index is 0.0150. The number of hydrogen-bond acceptors (Lipinski definition) is 3. The van der Waals surface area contributed by atoms with E-state index in [9.17, 15) is 9.59 Å². The van der Waals surface area contributed by atoms with Gasteiger partial charge >= 0.3 is 0 Å². The first-order valence-electron chi connectivity index (χ1n) is 4.48. The number of ether oxygens (including phenoxy) is 1. The fourth-order valence-electron chi connectivity index (χ4n) is 2.59. The fourth-order valence-corrected chi connectivity index (χ4v) is 2.59. The largest absolute Gasteiger partial charge is 0.370 e. The van der Waals surface area contributed by atoms with Crippen molar-refractivity contribution >= 4 is 11.6 Å². The maximum absolute atomic E-state index is 11.3. The zero-order valence-electron chi connectivity index (χ0n) is 6.66. The lowest BCUT2D eigenvalue weighted by atomic mass is 9.81. The van der Waals surface area contributed by atoms with Gasteiger partial charge in [-0.15, -0.1) is 0 Å². The second-order valence-corrected chi connectivity index (χ2v) is 4.04. The Morgan fingerprint density at radius 2 is 1.92 bits per heavy atom. The van der Waals surface area contributed by atoms with E-state index >= 15 is 0 Å². The lowest BCUT2D eigenvalue weighted by Gasteiger charge is -2.18. The first-order valence-corrected chi connectivity index (χ1v) is 4.48. The summed E-state index contributed by atoms with van der Waals surface area (Å²) in [5, 5.41) is 0. The van der Waals surface area contributed by atoms with Crippen molar-refractivity contribution in [2.45, 2.75) is 31.5 Å². The van der Waals surface area contributed by atoms with Crippen LogP contribution >= 0.6 is 0 Å². The smallest absolute Gasteiger partial charge is 0.201 e. The summed E-state index contributed by atoms with van der Waals surface area (Å²) >= 11 is 0. The Bertz CT molecular complexity index is 271. The maximum atomic E-state index is 11.3. The molecule has 0 bridgehead atoms. The molecule has 3 nitrogen and oxygen atoms in total. The maximum Gasteiger partial charge on any atom is 0.201 e. The minimum Gasteiger partial charge on any atom is -0.370 e. The van der Waals surface area contributed by atoms with Crippen molar-refractivity contribution in [1.82, 2.24) is 0 Å². The molecule has 0 spiro atoms. The van der Waals surface area contributed by atoms with Crippen molar-refractivity contribution in [2.24, 2.45) is 11.8 Å². The number of epoxide rings is 1. The third kappa shape index (κ3) is 0.746. The lowest BCUT2D eigenvalue weighted by molar-refractivity contribution is -0.135. The van der Waals surface area contributed by atoms with Crippen LogP contribution in [-0.2, 0) is 14.3 Å². The van der Waals surface area contributed by atoms with Crippen LogP contribution in [0, 0.1) is 11.8 Å². The molecule has 1 aliphatic heterocycles. The summed E-state index contributed by atoms with van der Waals surface area (Å²) in [6.45, 7) is 0. The first kappa shape index (κ1) is 6.78. The van der Waals surface area contributed by atoms with Gasteiger partial charge in [0.1, 0.15) is 0 Å². The van der Waals surface area contributed by atoms with Crippen molar-refractivity contribution in [2.75, 3.05) is 0 Å². The molecule has 3 heteroatoms. The third-order valence-corrected chi connectivity index (χ3v) is 3.34. The normalized spacial score (nSPS) is 50.3. The molecule has 1 saturated heterocycles. The zero-order valence-corrected chi connectivity index (χ0v) is 6.66. The highest BCUT2D eigenvalue weighted by molar-refractivity contribution is 6.40. The van der Waals surface area contributed by atoms with Gasteiger partial charge in [0, 0.05) is 12.3 Å². The van der Waals surface area contributed by atoms with Gasteiger partial charge in [0.2, 0.25) is 5.78 Å². The molecular formula is C9H10O3. The van der Waals surface area contributed by atoms with E-state index in [1.165, 1.54) is 0 Å². The number of fused-ring (bicyclic) bond motifs is 2. The van der Waals surface area contributed by atoms with Crippen LogP contribution in [0.15, 0.2) is 0 Å². The molecule has 2 saturated carbocycles. The van der Waals surface area contributed by atoms with Crippen LogP contribution in [0.25, 0.3) is 0 Å². The Balaban J connectivity index is 1.88. The lowest BCUT2D eigenvalue weighted by Crippen LogP contribution is -2.24. The Morgan fingerprint density at radius 3 is 2.75 bits per heavy atom. The number of hydrogen-bond donors (Lipinski definition) is 0. The summed E-state index contributed by atoms with van der Waals surface area (Å²) in [7, 11) is 0. The summed E-state index contributed by atoms with van der Waals surface area (Å²) < 4.78 is 5.33. The van der Waals surface area contributed by atoms with Crippen LogP contribution < -0.4 is 0 Å². The number of ketones is 2. The van der Waals surface area contributed by atoms with Gasteiger partial charge in [-0.1, -0.05) is 0 Å². The number of rotatable bonds is 0. The highest BCUT2D eigenvalue weighted by atomic mass is 16.6. The molecule has 0 N–H and O–H groups in total. The van der Waals surface area contributed by atoms with Gasteiger partial charge in [0.15, 0.2) is 5.78 Å². The number of carbonyl (C=O) groups excluding carboxylic acids is 2. The van der Waals surface area contributed by atoms with Gasteiger partial charge in [-0.3, -0.25) is 9.59 Å². The highest BCUT2D eigenvalue weighted by Crippen LogP contribution is 2.47. The fraction of sp³-hybridized carbons (Fsp3) is 0.778. The Morgan fingerprint density at radius 1 is 1.17 bits per heavy atom. The van der Waals surface area contributed by atoms with Gasteiger partial charge in [-0.05, 0) is 18.8 Å². The standard InChI is InChI=1S/C9H10O3/c10-6-1-4-2-7-8(12-7)3-5(4)9(6)11/h4-5,7-8H,1-3H2. The van der Waals surface area contributed by atoms with Gasteiger partial charge < -0.3 is 4.74 Å². The van der Waals surface area contributed by atoms with Crippen molar-refractivity contribution in [1.29, 1.82) is 0 Å². The van der Waals surface area contributed by atoms with E-state index in [0.29, 0.717) is 24.5 Å². The van der Waals surface area contributed by atoms with E-state index in [-0.39, 0.29) is 17.5 Å². The second-order valence-electron chi connectivity index (χ2n) is 4.04. The molecule has 1 heterocycles. The van der Waals surface area contributed by atoms with Crippen molar-refractivity contribution in [3.8, 4) is 0 Å². The average Bonchev–Trinajstić information content (AvgIpc) is 2.74. The molecule has 2 aliphatic carbocycles. The summed E-state index contributed by atoms with van der Waals surface area (Å²) in [6.07, 6.45) is 2.91. The second kappa shape index (κ2) is 1.96. The van der Waals surface area contributed by atoms with Crippen molar-refractivity contribution < 1.29 is 14.3 Å². The molecule has 3 rings (SSSR count). The SMILES string of the molecule is O=C1CC2CC3OC3CC2C1=O. The Hall–Kier alpha value is -0.700. The van der Waals surface area contributed by atoms with Crippen LogP contribution in [0.5, 0.6) is 0 Å². The van der Waals surface area contributed by atoms with E-state index in [0.717, 1.165) is 12.8 Å². The van der Waals surface area contributed by atoms with Gasteiger partial charge in [0.05, 0.1) is 12.2 Å². The number of carbonyl (C=O) groups is 2. The average molecular weight is 166 g/mol. The predicted molar refractivity (Wildman–Crippen MR) is 39.5 cm³/mol. The van der Waals surface area contributed by atoms with E-state index in [4.69, 9.17) is 4.74 Å². The first-order chi connectivity index (χ1) is 5.75. The van der Waals surface area contributed by atoms with Crippen LogP contribution in [0.4, 0.5) is 0 Å². The van der Waals surface area contributed by atoms with E-state index < -0.39 is 0 Å². The zero-order chi connectivity index (χ0) is 8.29. The molecule has 3 fully saturated rings. The molecule has 4 atom stereocenters. The van der Waals surface area contributed by atoms with E-state index in [1.54, 1.807) is 0 Å². The number of Topliss-reactive ketones (excluding diaryl/α,β-unsaturated/α-hetero) is 2. The molecule has 4 unspecified atom stereocenters. The minimum atomic E-state index is -0.147. The molecular weight excluding hydrogens is 156 g/mol. The molecule has 0 aromatic heterocycles. The molecule has 64 valence electrons. The van der Waals surface area contributed by atoms with Crippen molar-refractivity contribution in [3.05, 3.63) is 0 Å². The van der Waals surface area contributed by atoms with Crippen LogP contribution in [0.1, 0.15) is 19.3 Å². The quantitative estimate of drug-likeness (QED) is 0.384. The summed E-state index contributed by atoms with van der Waals surface area (Å²) in [5.74, 6) is 0.0512. The summed E-state index contributed by atoms with van der Waals surface area (Å²) in [5.41, 5.74) is 0. The highest BCUT2D eigenvalue weighted by Gasteiger charge is 2.54. The molecule has 3 aliphatic rings. The molecule has 0 radical (unpaired) electrons. The third-order valence-electron chi connectivity index (χ3n) is 3.34. The molecule has 0 amide bonds. The van der Waals surface area contributed by atoms with Crippen LogP contribution in [-0.4, -0.2) is 23.8 Å². The van der Waals surface area contributed by atoms with Crippen LogP contribution in [0.2, 0.25) is 0 Å². The van der Waals surface area contributed by atoms with Crippen LogP contribution in [0.3, 0.4) is 0 Å². The summed E-state index contributed by atoms with van der Waals surface area (Å²) in [4.78, 5) is 22.4. The Kier molecular flexibility index (Phi) is 1.11. The van der Waals surface area contributed by atoms with Gasteiger partial charge in [-0.25, -0.2) is 0 Å². The van der Waals surface area contributed by atoms with Gasteiger partial charge in [0.25, 0.3) is 0 Å². The summed E-state index contributed by atoms with van der Waals surface area (Å²) in [6, 6.07) is 0. The van der Waals surface area contributed by atoms with Gasteiger partial charge in [-0.2, -0.15) is 0 Å². The molecule has 0 aromatic carbocycles. The predicted octanol–water partition coefficient (Wildman–Crippen LogP) is 0.322. The van der Waals surface area contributed by atoms with E-state index in [2.05, 4.69) is 0 Å².